The maximum atomic E-state index is 4.09. The number of nitrogens with zero attached hydrogens (tertiary/aromatic N) is 4. The lowest BCUT2D eigenvalue weighted by atomic mass is 10.8. The Morgan fingerprint density at radius 3 is 3.13 bits per heavy atom. The molecule has 2 aromatic rings. The molecule has 0 bridgehead atoms. The van der Waals surface area contributed by atoms with Crippen LogP contribution in [0.1, 0.15) is 11.9 Å². The van der Waals surface area contributed by atoms with Crippen molar-refractivity contribution in [1.29, 1.82) is 0 Å². The van der Waals surface area contributed by atoms with Crippen molar-refractivity contribution < 1.29 is 0 Å². The maximum Gasteiger partial charge on any atom is 0.205 e. The first-order chi connectivity index (χ1) is 7.38. The first kappa shape index (κ1) is 10.8. The molecule has 0 unspecified atom stereocenters. The van der Waals surface area contributed by atoms with Crippen molar-refractivity contribution in [2.45, 2.75) is 17.0 Å². The molecule has 1 N–H and O–H groups in total. The normalized spacial score (nSPS) is 10.5. The van der Waals surface area contributed by atoms with Crippen LogP contribution in [0.5, 0.6) is 0 Å². The number of rotatable bonds is 5. The molecule has 2 rings (SSSR count). The molecule has 0 aliphatic carbocycles. The number of hydrogen-bond acceptors (Lipinski definition) is 8. The average molecular weight is 259 g/mol. The summed E-state index contributed by atoms with van der Waals surface area (Å²) in [6.07, 6.45) is 1.57. The van der Waals surface area contributed by atoms with Gasteiger partial charge in [-0.15, -0.1) is 10.2 Å². The molecular formula is C7H9N5S3. The summed E-state index contributed by atoms with van der Waals surface area (Å²) in [5.41, 5.74) is 0. The molecule has 0 saturated heterocycles. The van der Waals surface area contributed by atoms with E-state index < -0.39 is 0 Å². The average Bonchev–Trinajstić information content (AvgIpc) is 2.85. The Hall–Kier alpha value is -0.730. The van der Waals surface area contributed by atoms with Crippen LogP contribution in [0, 0.1) is 0 Å². The molecule has 0 spiro atoms. The van der Waals surface area contributed by atoms with E-state index in [0.29, 0.717) is 0 Å². The number of anilines is 1. The molecule has 0 amide bonds. The van der Waals surface area contributed by atoms with Crippen molar-refractivity contribution in [1.82, 2.24) is 19.6 Å². The minimum absolute atomic E-state index is 0.804. The summed E-state index contributed by atoms with van der Waals surface area (Å²) >= 11 is 4.62. The van der Waals surface area contributed by atoms with Gasteiger partial charge in [-0.3, -0.25) is 0 Å². The lowest BCUT2D eigenvalue weighted by molar-refractivity contribution is 1.03. The Balaban J connectivity index is 1.88. The van der Waals surface area contributed by atoms with E-state index in [1.54, 1.807) is 29.4 Å². The van der Waals surface area contributed by atoms with Gasteiger partial charge in [-0.25, -0.2) is 4.98 Å². The van der Waals surface area contributed by atoms with Crippen LogP contribution in [-0.2, 0) is 5.75 Å². The monoisotopic (exact) mass is 259 g/mol. The van der Waals surface area contributed by atoms with Gasteiger partial charge in [-0.2, -0.15) is 4.37 Å². The quantitative estimate of drug-likeness (QED) is 0.830. The van der Waals surface area contributed by atoms with E-state index in [0.717, 1.165) is 26.8 Å². The molecule has 5 nitrogen and oxygen atoms in total. The van der Waals surface area contributed by atoms with Gasteiger partial charge in [-0.05, 0) is 18.5 Å². The summed E-state index contributed by atoms with van der Waals surface area (Å²) in [4.78, 5) is 4.09. The second-order valence-electron chi connectivity index (χ2n) is 2.53. The fourth-order valence-electron chi connectivity index (χ4n) is 0.885. The number of aromatic nitrogens is 4. The van der Waals surface area contributed by atoms with Gasteiger partial charge in [-0.1, -0.05) is 23.1 Å². The standard InChI is InChI=1S/C7H9N5S3/c1-2-8-6-12-11-5(14-6)3-13-7-9-4-10-15-7/h4H,2-3H2,1H3,(H,8,12). The van der Waals surface area contributed by atoms with Gasteiger partial charge in [0.25, 0.3) is 0 Å². The van der Waals surface area contributed by atoms with E-state index in [2.05, 4.69) is 24.9 Å². The zero-order chi connectivity index (χ0) is 10.5. The van der Waals surface area contributed by atoms with Crippen molar-refractivity contribution in [3.8, 4) is 0 Å². The molecular weight excluding hydrogens is 250 g/mol. The fraction of sp³-hybridized carbons (Fsp3) is 0.429. The van der Waals surface area contributed by atoms with Crippen molar-refractivity contribution in [3.63, 3.8) is 0 Å². The maximum absolute atomic E-state index is 4.09. The molecule has 2 heterocycles. The molecule has 80 valence electrons. The molecule has 0 aliphatic rings. The summed E-state index contributed by atoms with van der Waals surface area (Å²) in [6.45, 7) is 2.91. The highest BCUT2D eigenvalue weighted by atomic mass is 32.2. The Labute approximate surface area is 99.5 Å². The van der Waals surface area contributed by atoms with E-state index in [-0.39, 0.29) is 0 Å². The third-order valence-electron chi connectivity index (χ3n) is 1.46. The van der Waals surface area contributed by atoms with Crippen LogP contribution in [0.3, 0.4) is 0 Å². The van der Waals surface area contributed by atoms with Crippen LogP contribution in [0.25, 0.3) is 0 Å². The summed E-state index contributed by atoms with van der Waals surface area (Å²) < 4.78 is 4.90. The number of thioether (sulfide) groups is 1. The van der Waals surface area contributed by atoms with Crippen LogP contribution in [-0.4, -0.2) is 26.1 Å². The first-order valence-corrected chi connectivity index (χ1v) is 6.91. The molecule has 0 fully saturated rings. The summed E-state index contributed by atoms with van der Waals surface area (Å²) in [7, 11) is 0. The minimum Gasteiger partial charge on any atom is -0.360 e. The lowest BCUT2D eigenvalue weighted by Gasteiger charge is -1.92. The predicted molar refractivity (Wildman–Crippen MR) is 63.5 cm³/mol. The zero-order valence-electron chi connectivity index (χ0n) is 8.01. The van der Waals surface area contributed by atoms with Crippen LogP contribution >= 0.6 is 34.6 Å². The van der Waals surface area contributed by atoms with E-state index in [1.165, 1.54) is 11.5 Å². The van der Waals surface area contributed by atoms with E-state index in [4.69, 9.17) is 0 Å². The smallest absolute Gasteiger partial charge is 0.205 e. The molecule has 2 aromatic heterocycles. The van der Waals surface area contributed by atoms with Crippen molar-refractivity contribution >= 4 is 39.8 Å². The fourth-order valence-corrected chi connectivity index (χ4v) is 3.12. The van der Waals surface area contributed by atoms with Crippen LogP contribution < -0.4 is 5.32 Å². The second kappa shape index (κ2) is 5.38. The zero-order valence-corrected chi connectivity index (χ0v) is 10.5. The van der Waals surface area contributed by atoms with Gasteiger partial charge in [0.15, 0.2) is 4.34 Å². The van der Waals surface area contributed by atoms with Gasteiger partial charge in [0.2, 0.25) is 5.13 Å². The Morgan fingerprint density at radius 1 is 1.47 bits per heavy atom. The first-order valence-electron chi connectivity index (χ1n) is 4.34. The highest BCUT2D eigenvalue weighted by molar-refractivity contribution is 8.00. The Bertz CT molecular complexity index is 398. The molecule has 0 saturated carbocycles. The van der Waals surface area contributed by atoms with Crippen molar-refractivity contribution in [3.05, 3.63) is 11.3 Å². The number of hydrogen-bond donors (Lipinski definition) is 1. The van der Waals surface area contributed by atoms with E-state index in [9.17, 15) is 0 Å². The topological polar surface area (TPSA) is 63.6 Å². The summed E-state index contributed by atoms with van der Waals surface area (Å²) in [6, 6.07) is 0. The highest BCUT2D eigenvalue weighted by Gasteiger charge is 2.05. The summed E-state index contributed by atoms with van der Waals surface area (Å²) in [5.74, 6) is 0.804. The molecule has 0 radical (unpaired) electrons. The van der Waals surface area contributed by atoms with E-state index in [1.807, 2.05) is 6.92 Å². The minimum atomic E-state index is 0.804. The second-order valence-corrected chi connectivity index (χ2v) is 5.59. The van der Waals surface area contributed by atoms with Gasteiger partial charge >= 0.3 is 0 Å². The molecule has 0 atom stereocenters. The lowest BCUT2D eigenvalue weighted by Crippen LogP contribution is -1.94. The largest absolute Gasteiger partial charge is 0.360 e. The van der Waals surface area contributed by atoms with E-state index >= 15 is 0 Å². The van der Waals surface area contributed by atoms with Crippen molar-refractivity contribution in [2.75, 3.05) is 11.9 Å². The van der Waals surface area contributed by atoms with Gasteiger partial charge in [0, 0.05) is 6.54 Å². The SMILES string of the molecule is CCNc1nnc(CSc2ncns2)s1. The molecule has 0 aliphatic heterocycles. The Kier molecular flexibility index (Phi) is 3.87. The molecule has 8 heteroatoms. The molecule has 0 aromatic carbocycles. The summed E-state index contributed by atoms with van der Waals surface area (Å²) in [5, 5.41) is 13.1. The van der Waals surface area contributed by atoms with Crippen molar-refractivity contribution in [2.24, 2.45) is 0 Å². The highest BCUT2D eigenvalue weighted by Crippen LogP contribution is 2.25. The van der Waals surface area contributed by atoms with Crippen LogP contribution in [0.4, 0.5) is 5.13 Å². The third kappa shape index (κ3) is 3.11. The van der Waals surface area contributed by atoms with Crippen LogP contribution in [0.2, 0.25) is 0 Å². The number of nitrogens with one attached hydrogen (secondary N) is 1. The van der Waals surface area contributed by atoms with Gasteiger partial charge in [0.05, 0.1) is 5.75 Å². The van der Waals surface area contributed by atoms with Gasteiger partial charge in [0.1, 0.15) is 11.3 Å². The van der Waals surface area contributed by atoms with Gasteiger partial charge < -0.3 is 5.32 Å². The third-order valence-corrected chi connectivity index (χ3v) is 4.33. The molecule has 15 heavy (non-hydrogen) atoms. The predicted octanol–water partition coefficient (Wildman–Crippen LogP) is 2.11. The Morgan fingerprint density at radius 2 is 2.40 bits per heavy atom. The van der Waals surface area contributed by atoms with Crippen LogP contribution in [0.15, 0.2) is 10.7 Å².